The first-order valence-corrected chi connectivity index (χ1v) is 9.70. The maximum absolute atomic E-state index is 11.9. The van der Waals surface area contributed by atoms with Gasteiger partial charge in [-0.3, -0.25) is 4.98 Å². The molecule has 4 rings (SSSR count). The number of aromatic nitrogens is 1. The van der Waals surface area contributed by atoms with Crippen molar-refractivity contribution in [2.75, 3.05) is 31.1 Å². The molecule has 2 amide bonds. The maximum atomic E-state index is 11.9. The molecule has 0 spiro atoms. The van der Waals surface area contributed by atoms with Gasteiger partial charge in [0.15, 0.2) is 0 Å². The van der Waals surface area contributed by atoms with Gasteiger partial charge in [-0.25, -0.2) is 4.79 Å². The number of rotatable bonds is 2. The van der Waals surface area contributed by atoms with Crippen molar-refractivity contribution in [3.63, 3.8) is 0 Å². The minimum Gasteiger partial charge on any atom is -0.371 e. The maximum Gasteiger partial charge on any atom is 0.317 e. The van der Waals surface area contributed by atoms with E-state index in [1.165, 1.54) is 16.6 Å². The molecule has 132 valence electrons. The van der Waals surface area contributed by atoms with Gasteiger partial charge in [-0.2, -0.15) is 0 Å². The van der Waals surface area contributed by atoms with E-state index in [-0.39, 0.29) is 6.03 Å². The minimum absolute atomic E-state index is 0.101. The van der Waals surface area contributed by atoms with Crippen LogP contribution in [0.4, 0.5) is 10.5 Å². The van der Waals surface area contributed by atoms with Gasteiger partial charge in [-0.05, 0) is 50.5 Å². The molecule has 0 unspecified atom stereocenters. The Hall–Kier alpha value is -1.82. The Balaban J connectivity index is 1.63. The summed E-state index contributed by atoms with van der Waals surface area (Å²) >= 11 is 3.60. The van der Waals surface area contributed by atoms with E-state index in [1.807, 2.05) is 11.0 Å². The number of urea groups is 1. The van der Waals surface area contributed by atoms with Gasteiger partial charge in [-0.1, -0.05) is 15.9 Å². The van der Waals surface area contributed by atoms with Crippen LogP contribution in [0.5, 0.6) is 0 Å². The summed E-state index contributed by atoms with van der Waals surface area (Å²) in [7, 11) is 0. The lowest BCUT2D eigenvalue weighted by Crippen LogP contribution is -2.46. The number of hydrogen-bond acceptors (Lipinski definition) is 3. The van der Waals surface area contributed by atoms with E-state index in [1.54, 1.807) is 0 Å². The van der Waals surface area contributed by atoms with Crippen LogP contribution in [-0.4, -0.2) is 48.1 Å². The summed E-state index contributed by atoms with van der Waals surface area (Å²) in [6.07, 6.45) is 2.04. The largest absolute Gasteiger partial charge is 0.371 e. The first-order valence-electron chi connectivity index (χ1n) is 8.90. The normalized spacial score (nSPS) is 18.9. The lowest BCUT2D eigenvalue weighted by Gasteiger charge is -2.38. The summed E-state index contributed by atoms with van der Waals surface area (Å²) in [6, 6.07) is 6.76. The number of fused-ring (bicyclic) bond motifs is 1. The van der Waals surface area contributed by atoms with E-state index in [4.69, 9.17) is 4.98 Å². The zero-order chi connectivity index (χ0) is 17.6. The van der Waals surface area contributed by atoms with Crippen molar-refractivity contribution in [2.24, 2.45) is 0 Å². The fourth-order valence-electron chi connectivity index (χ4n) is 4.08. The molecule has 1 aromatic carbocycles. The second kappa shape index (κ2) is 6.48. The highest BCUT2D eigenvalue weighted by atomic mass is 79.9. The second-order valence-corrected chi connectivity index (χ2v) is 7.89. The van der Waals surface area contributed by atoms with Crippen LogP contribution in [0.1, 0.15) is 24.1 Å². The molecule has 5 nitrogen and oxygen atoms in total. The first-order chi connectivity index (χ1) is 12.0. The number of aryl methyl sites for hydroxylation is 1. The van der Waals surface area contributed by atoms with Crippen LogP contribution < -0.4 is 10.2 Å². The van der Waals surface area contributed by atoms with Crippen LogP contribution >= 0.6 is 15.9 Å². The first kappa shape index (κ1) is 16.6. The van der Waals surface area contributed by atoms with Crippen molar-refractivity contribution in [3.8, 4) is 0 Å². The number of nitrogens with zero attached hydrogens (tertiary/aromatic N) is 3. The van der Waals surface area contributed by atoms with Gasteiger partial charge in [0.1, 0.15) is 0 Å². The smallest absolute Gasteiger partial charge is 0.317 e. The predicted molar refractivity (Wildman–Crippen MR) is 104 cm³/mol. The molecule has 0 atom stereocenters. The SMILES string of the molecule is Cc1nc2ccc(Br)cc2c(N2CCC(N3CCNC3=O)CC2)c1C. The molecule has 0 radical (unpaired) electrons. The summed E-state index contributed by atoms with van der Waals surface area (Å²) in [5.74, 6) is 0. The van der Waals surface area contributed by atoms with Crippen molar-refractivity contribution in [1.29, 1.82) is 0 Å². The summed E-state index contributed by atoms with van der Waals surface area (Å²) < 4.78 is 1.08. The number of nitrogens with one attached hydrogen (secondary N) is 1. The number of carbonyl (C=O) groups is 1. The molecule has 0 bridgehead atoms. The monoisotopic (exact) mass is 402 g/mol. The quantitative estimate of drug-likeness (QED) is 0.834. The molecule has 2 aliphatic heterocycles. The molecule has 0 saturated carbocycles. The van der Waals surface area contributed by atoms with E-state index >= 15 is 0 Å². The van der Waals surface area contributed by atoms with Gasteiger partial charge < -0.3 is 15.1 Å². The van der Waals surface area contributed by atoms with Gasteiger partial charge >= 0.3 is 6.03 Å². The molecule has 1 aromatic heterocycles. The molecule has 2 aromatic rings. The molecule has 6 heteroatoms. The van der Waals surface area contributed by atoms with Crippen LogP contribution in [0, 0.1) is 13.8 Å². The van der Waals surface area contributed by atoms with Crippen LogP contribution in [0.2, 0.25) is 0 Å². The lowest BCUT2D eigenvalue weighted by atomic mass is 9.99. The molecule has 2 saturated heterocycles. The molecular weight excluding hydrogens is 380 g/mol. The van der Waals surface area contributed by atoms with E-state index in [0.29, 0.717) is 6.04 Å². The van der Waals surface area contributed by atoms with Gasteiger partial charge in [-0.15, -0.1) is 0 Å². The summed E-state index contributed by atoms with van der Waals surface area (Å²) in [4.78, 5) is 21.2. The molecule has 1 N–H and O–H groups in total. The van der Waals surface area contributed by atoms with E-state index in [0.717, 1.165) is 54.7 Å². The topological polar surface area (TPSA) is 48.5 Å². The summed E-state index contributed by atoms with van der Waals surface area (Å²) in [6.45, 7) is 7.81. The number of carbonyl (C=O) groups excluding carboxylic acids is 1. The van der Waals surface area contributed by atoms with Crippen LogP contribution in [0.3, 0.4) is 0 Å². The number of anilines is 1. The zero-order valence-corrected chi connectivity index (χ0v) is 16.3. The Morgan fingerprint density at radius 2 is 1.96 bits per heavy atom. The fraction of sp³-hybridized carbons (Fsp3) is 0.474. The fourth-order valence-corrected chi connectivity index (χ4v) is 4.44. The van der Waals surface area contributed by atoms with Crippen LogP contribution in [0.25, 0.3) is 10.9 Å². The molecule has 0 aliphatic carbocycles. The Morgan fingerprint density at radius 3 is 2.64 bits per heavy atom. The third kappa shape index (κ3) is 2.97. The highest BCUT2D eigenvalue weighted by Crippen LogP contribution is 2.35. The van der Waals surface area contributed by atoms with Crippen molar-refractivity contribution in [2.45, 2.75) is 32.7 Å². The van der Waals surface area contributed by atoms with Crippen molar-refractivity contribution >= 4 is 38.6 Å². The lowest BCUT2D eigenvalue weighted by molar-refractivity contribution is 0.186. The standard InChI is InChI=1S/C19H23BrN4O/c1-12-13(2)22-17-4-3-14(20)11-16(17)18(12)23-8-5-15(6-9-23)24-10-7-21-19(24)25/h3-4,11,15H,5-10H2,1-2H3,(H,21,25). The van der Waals surface area contributed by atoms with E-state index in [9.17, 15) is 4.79 Å². The highest BCUT2D eigenvalue weighted by Gasteiger charge is 2.31. The average Bonchev–Trinajstić information content (AvgIpc) is 3.03. The number of amides is 2. The van der Waals surface area contributed by atoms with Crippen molar-refractivity contribution in [1.82, 2.24) is 15.2 Å². The third-order valence-electron chi connectivity index (χ3n) is 5.51. The van der Waals surface area contributed by atoms with Gasteiger partial charge in [0.2, 0.25) is 0 Å². The van der Waals surface area contributed by atoms with Crippen molar-refractivity contribution < 1.29 is 4.79 Å². The van der Waals surface area contributed by atoms with Gasteiger partial charge in [0.25, 0.3) is 0 Å². The predicted octanol–water partition coefficient (Wildman–Crippen LogP) is 3.61. The zero-order valence-electron chi connectivity index (χ0n) is 14.7. The van der Waals surface area contributed by atoms with Crippen molar-refractivity contribution in [3.05, 3.63) is 33.9 Å². The Labute approximate surface area is 156 Å². The molecule has 2 aliphatic rings. The summed E-state index contributed by atoms with van der Waals surface area (Å²) in [5.41, 5.74) is 4.68. The highest BCUT2D eigenvalue weighted by molar-refractivity contribution is 9.10. The molecule has 25 heavy (non-hydrogen) atoms. The Morgan fingerprint density at radius 1 is 1.20 bits per heavy atom. The number of pyridine rings is 1. The van der Waals surface area contributed by atoms with Gasteiger partial charge in [0.05, 0.1) is 11.2 Å². The second-order valence-electron chi connectivity index (χ2n) is 6.98. The Bertz CT molecular complexity index is 830. The molecule has 2 fully saturated rings. The van der Waals surface area contributed by atoms with E-state index in [2.05, 4.69) is 52.1 Å². The molecular formula is C19H23BrN4O. The minimum atomic E-state index is 0.101. The number of benzene rings is 1. The molecule has 3 heterocycles. The average molecular weight is 403 g/mol. The van der Waals surface area contributed by atoms with Crippen LogP contribution in [-0.2, 0) is 0 Å². The van der Waals surface area contributed by atoms with Crippen LogP contribution in [0.15, 0.2) is 22.7 Å². The van der Waals surface area contributed by atoms with Gasteiger partial charge in [0, 0.05) is 47.8 Å². The van der Waals surface area contributed by atoms with E-state index < -0.39 is 0 Å². The summed E-state index contributed by atoms with van der Waals surface area (Å²) in [5, 5.41) is 4.12. The Kier molecular flexibility index (Phi) is 4.31. The third-order valence-corrected chi connectivity index (χ3v) is 6.00. The number of halogens is 1. The number of hydrogen-bond donors (Lipinski definition) is 1. The number of piperidine rings is 1.